The minimum atomic E-state index is -0.0648. The zero-order chi connectivity index (χ0) is 19.1. The van der Waals surface area contributed by atoms with Crippen molar-refractivity contribution in [1.29, 1.82) is 0 Å². The monoisotopic (exact) mass is 371 g/mol. The summed E-state index contributed by atoms with van der Waals surface area (Å²) in [6.45, 7) is 4.27. The van der Waals surface area contributed by atoms with Crippen molar-refractivity contribution in [2.24, 2.45) is 0 Å². The third-order valence-electron chi connectivity index (χ3n) is 4.41. The largest absolute Gasteiger partial charge is 0.497 e. The molecule has 0 spiro atoms. The van der Waals surface area contributed by atoms with Gasteiger partial charge in [0.05, 0.1) is 13.7 Å². The molecule has 1 N–H and O–H groups in total. The number of carbonyl (C=O) groups is 1. The molecule has 0 atom stereocenters. The van der Waals surface area contributed by atoms with Gasteiger partial charge in [0.15, 0.2) is 5.69 Å². The number of methoxy groups -OCH3 is 1. The first kappa shape index (κ1) is 18.9. The molecule has 1 aromatic carbocycles. The van der Waals surface area contributed by atoms with E-state index in [1.165, 1.54) is 0 Å². The van der Waals surface area contributed by atoms with Gasteiger partial charge in [-0.2, -0.15) is 0 Å². The molecule has 144 valence electrons. The molecule has 0 radical (unpaired) electrons. The Kier molecular flexibility index (Phi) is 6.43. The molecule has 1 aromatic heterocycles. The molecule has 1 aliphatic rings. The van der Waals surface area contributed by atoms with Crippen LogP contribution in [0.3, 0.4) is 0 Å². The van der Waals surface area contributed by atoms with E-state index in [4.69, 9.17) is 9.47 Å². The van der Waals surface area contributed by atoms with E-state index in [-0.39, 0.29) is 5.91 Å². The number of hydrogen-bond acceptors (Lipinski definition) is 7. The quantitative estimate of drug-likeness (QED) is 0.736. The molecule has 3 rings (SSSR count). The van der Waals surface area contributed by atoms with E-state index in [0.717, 1.165) is 37.7 Å². The number of rotatable bonds is 7. The predicted octanol–water partition coefficient (Wildman–Crippen LogP) is 1.36. The predicted molar refractivity (Wildman–Crippen MR) is 102 cm³/mol. The third-order valence-corrected chi connectivity index (χ3v) is 4.41. The summed E-state index contributed by atoms with van der Waals surface area (Å²) in [5.74, 6) is 2.12. The fraction of sp³-hybridized carbons (Fsp3) is 0.421. The van der Waals surface area contributed by atoms with Crippen molar-refractivity contribution in [3.05, 3.63) is 42.1 Å². The molecule has 8 nitrogen and oxygen atoms in total. The van der Waals surface area contributed by atoms with E-state index in [0.29, 0.717) is 24.7 Å². The van der Waals surface area contributed by atoms with Crippen molar-refractivity contribution in [2.45, 2.75) is 0 Å². The van der Waals surface area contributed by atoms with Gasteiger partial charge in [0.2, 0.25) is 0 Å². The van der Waals surface area contributed by atoms with Crippen LogP contribution in [0.4, 0.5) is 5.82 Å². The van der Waals surface area contributed by atoms with Gasteiger partial charge >= 0.3 is 0 Å². The summed E-state index contributed by atoms with van der Waals surface area (Å²) in [7, 11) is 3.69. The molecular weight excluding hydrogens is 346 g/mol. The normalized spacial score (nSPS) is 14.7. The lowest BCUT2D eigenvalue weighted by molar-refractivity contribution is 0.0657. The first-order valence-corrected chi connectivity index (χ1v) is 8.98. The van der Waals surface area contributed by atoms with Crippen LogP contribution in [0.25, 0.3) is 0 Å². The van der Waals surface area contributed by atoms with Gasteiger partial charge in [0, 0.05) is 26.2 Å². The Labute approximate surface area is 159 Å². The number of carbonyl (C=O) groups excluding carboxylic acids is 1. The third kappa shape index (κ3) is 5.30. The smallest absolute Gasteiger partial charge is 0.274 e. The molecule has 1 amide bonds. The van der Waals surface area contributed by atoms with Gasteiger partial charge in [-0.15, -0.1) is 10.2 Å². The summed E-state index contributed by atoms with van der Waals surface area (Å²) in [4.78, 5) is 16.5. The van der Waals surface area contributed by atoms with Gasteiger partial charge in [0.1, 0.15) is 23.9 Å². The van der Waals surface area contributed by atoms with E-state index >= 15 is 0 Å². The van der Waals surface area contributed by atoms with Crippen molar-refractivity contribution < 1.29 is 14.3 Å². The number of benzene rings is 1. The van der Waals surface area contributed by atoms with Crippen LogP contribution in [0.2, 0.25) is 0 Å². The Balaban J connectivity index is 1.42. The first-order chi connectivity index (χ1) is 13.2. The van der Waals surface area contributed by atoms with E-state index in [9.17, 15) is 4.79 Å². The van der Waals surface area contributed by atoms with E-state index in [1.54, 1.807) is 19.2 Å². The van der Waals surface area contributed by atoms with E-state index < -0.39 is 0 Å². The number of hydrogen-bond donors (Lipinski definition) is 1. The number of ether oxygens (including phenoxy) is 2. The topological polar surface area (TPSA) is 79.8 Å². The number of amides is 1. The maximum absolute atomic E-state index is 12.4. The SMILES string of the molecule is COc1ccc(OCCNc2ccc(C(=O)N3CCN(C)CC3)nn2)cc1. The molecule has 0 unspecified atom stereocenters. The fourth-order valence-electron chi connectivity index (χ4n) is 2.73. The molecule has 1 saturated heterocycles. The second-order valence-electron chi connectivity index (χ2n) is 6.35. The highest BCUT2D eigenvalue weighted by Crippen LogP contribution is 2.16. The Morgan fingerprint density at radius 1 is 1.04 bits per heavy atom. The van der Waals surface area contributed by atoms with Crippen LogP contribution in [-0.4, -0.2) is 79.4 Å². The van der Waals surface area contributed by atoms with Crippen molar-refractivity contribution >= 4 is 11.7 Å². The summed E-state index contributed by atoms with van der Waals surface area (Å²) in [6, 6.07) is 10.9. The van der Waals surface area contributed by atoms with Gasteiger partial charge in [-0.05, 0) is 43.4 Å². The molecule has 2 heterocycles. The Morgan fingerprint density at radius 3 is 2.37 bits per heavy atom. The number of aromatic nitrogens is 2. The number of piperazine rings is 1. The molecule has 2 aromatic rings. The van der Waals surface area contributed by atoms with Crippen LogP contribution in [0, 0.1) is 0 Å². The van der Waals surface area contributed by atoms with Crippen LogP contribution in [0.15, 0.2) is 36.4 Å². The van der Waals surface area contributed by atoms with Crippen molar-refractivity contribution in [3.8, 4) is 11.5 Å². The highest BCUT2D eigenvalue weighted by molar-refractivity contribution is 5.92. The van der Waals surface area contributed by atoms with E-state index in [1.807, 2.05) is 29.2 Å². The number of nitrogens with one attached hydrogen (secondary N) is 1. The average Bonchev–Trinajstić information content (AvgIpc) is 2.72. The standard InChI is InChI=1S/C19H25N5O3/c1-23-10-12-24(13-11-23)19(25)17-7-8-18(22-21-17)20-9-14-27-16-5-3-15(26-2)4-6-16/h3-8H,9-14H2,1-2H3,(H,20,22). The van der Waals surface area contributed by atoms with Gasteiger partial charge in [-0.3, -0.25) is 4.79 Å². The summed E-state index contributed by atoms with van der Waals surface area (Å²) in [5.41, 5.74) is 0.375. The fourth-order valence-corrected chi connectivity index (χ4v) is 2.73. The minimum Gasteiger partial charge on any atom is -0.497 e. The minimum absolute atomic E-state index is 0.0648. The Morgan fingerprint density at radius 2 is 1.74 bits per heavy atom. The molecular formula is C19H25N5O3. The lowest BCUT2D eigenvalue weighted by Gasteiger charge is -2.32. The summed E-state index contributed by atoms with van der Waals surface area (Å²) < 4.78 is 10.8. The molecule has 1 fully saturated rings. The Hall–Kier alpha value is -2.87. The number of likely N-dealkylation sites (N-methyl/N-ethyl adjacent to an activating group) is 1. The maximum Gasteiger partial charge on any atom is 0.274 e. The van der Waals surface area contributed by atoms with Crippen molar-refractivity contribution in [1.82, 2.24) is 20.0 Å². The highest BCUT2D eigenvalue weighted by atomic mass is 16.5. The number of anilines is 1. The maximum atomic E-state index is 12.4. The zero-order valence-electron chi connectivity index (χ0n) is 15.7. The van der Waals surface area contributed by atoms with E-state index in [2.05, 4.69) is 27.5 Å². The summed E-state index contributed by atoms with van der Waals surface area (Å²) >= 11 is 0. The second-order valence-corrected chi connectivity index (χ2v) is 6.35. The Bertz CT molecular complexity index is 728. The van der Waals surface area contributed by atoms with Crippen LogP contribution in [-0.2, 0) is 0 Å². The highest BCUT2D eigenvalue weighted by Gasteiger charge is 2.21. The van der Waals surface area contributed by atoms with Crippen LogP contribution in [0.1, 0.15) is 10.5 Å². The first-order valence-electron chi connectivity index (χ1n) is 8.98. The summed E-state index contributed by atoms with van der Waals surface area (Å²) in [6.07, 6.45) is 0. The van der Waals surface area contributed by atoms with Gasteiger partial charge in [0.25, 0.3) is 5.91 Å². The molecule has 0 bridgehead atoms. The average molecular weight is 371 g/mol. The van der Waals surface area contributed by atoms with Crippen molar-refractivity contribution in [3.63, 3.8) is 0 Å². The number of nitrogens with zero attached hydrogens (tertiary/aromatic N) is 4. The van der Waals surface area contributed by atoms with Gasteiger partial charge in [-0.1, -0.05) is 0 Å². The summed E-state index contributed by atoms with van der Waals surface area (Å²) in [5, 5.41) is 11.3. The molecule has 0 aliphatic carbocycles. The van der Waals surface area contributed by atoms with Crippen LogP contribution in [0.5, 0.6) is 11.5 Å². The van der Waals surface area contributed by atoms with Crippen LogP contribution >= 0.6 is 0 Å². The lowest BCUT2D eigenvalue weighted by atomic mass is 10.3. The van der Waals surface area contributed by atoms with Gasteiger partial charge in [-0.25, -0.2) is 0 Å². The second kappa shape index (κ2) is 9.18. The molecule has 8 heteroatoms. The lowest BCUT2D eigenvalue weighted by Crippen LogP contribution is -2.47. The van der Waals surface area contributed by atoms with Gasteiger partial charge < -0.3 is 24.6 Å². The molecule has 27 heavy (non-hydrogen) atoms. The van der Waals surface area contributed by atoms with Crippen molar-refractivity contribution in [2.75, 3.05) is 58.8 Å². The molecule has 1 aliphatic heterocycles. The van der Waals surface area contributed by atoms with Crippen LogP contribution < -0.4 is 14.8 Å². The zero-order valence-corrected chi connectivity index (χ0v) is 15.7. The molecule has 0 saturated carbocycles.